The van der Waals surface area contributed by atoms with Crippen LogP contribution in [-0.4, -0.2) is 42.0 Å². The molecule has 6 nitrogen and oxygen atoms in total. The number of alkyl halides is 3. The molecule has 3 heterocycles. The number of hydrogen-bond acceptors (Lipinski definition) is 5. The molecule has 1 saturated heterocycles. The van der Waals surface area contributed by atoms with Crippen LogP contribution >= 0.6 is 23.2 Å². The minimum absolute atomic E-state index is 0.00745. The van der Waals surface area contributed by atoms with E-state index in [1.165, 1.54) is 24.4 Å². The maximum absolute atomic E-state index is 13.5. The van der Waals surface area contributed by atoms with Gasteiger partial charge < -0.3 is 0 Å². The molecule has 1 aliphatic heterocycles. The minimum Gasteiger partial charge on any atom is -0.294 e. The number of nitrogens with zero attached hydrogens (tertiary/aromatic N) is 3. The standard InChI is InChI=1S/C24H20Cl2F3N3O3S/c1-13-6-14(25)7-16(20(34)10-23(2)11-36(35)12-23)15(13)8-19(33)18-9-21(24(27,28)29)31-32(18)22-17(26)4-3-5-30-22/h3-7,9H,8,10-12H2,1-2H3. The van der Waals surface area contributed by atoms with Gasteiger partial charge in [0.15, 0.2) is 23.1 Å². The molecule has 36 heavy (non-hydrogen) atoms. The first-order valence-corrected chi connectivity index (χ1v) is 13.0. The Kier molecular flexibility index (Phi) is 7.15. The Morgan fingerprint density at radius 3 is 2.47 bits per heavy atom. The molecule has 190 valence electrons. The van der Waals surface area contributed by atoms with Crippen molar-refractivity contribution < 1.29 is 27.0 Å². The van der Waals surface area contributed by atoms with Crippen molar-refractivity contribution in [3.63, 3.8) is 0 Å². The first kappa shape index (κ1) is 26.5. The maximum Gasteiger partial charge on any atom is 0.435 e. The Balaban J connectivity index is 1.73. The fourth-order valence-electron chi connectivity index (χ4n) is 4.24. The summed E-state index contributed by atoms with van der Waals surface area (Å²) in [6.07, 6.45) is -3.75. The molecule has 0 radical (unpaired) electrons. The predicted octanol–water partition coefficient (Wildman–Crippen LogP) is 5.67. The highest BCUT2D eigenvalue weighted by atomic mass is 35.5. The van der Waals surface area contributed by atoms with Gasteiger partial charge in [0.25, 0.3) is 0 Å². The summed E-state index contributed by atoms with van der Waals surface area (Å²) < 4.78 is 52.8. The van der Waals surface area contributed by atoms with E-state index in [0.717, 1.165) is 4.68 Å². The molecule has 1 fully saturated rings. The second-order valence-corrected chi connectivity index (χ2v) is 11.4. The average molecular weight is 558 g/mol. The lowest BCUT2D eigenvalue weighted by Crippen LogP contribution is -2.43. The quantitative estimate of drug-likeness (QED) is 0.349. The molecule has 0 saturated carbocycles. The molecule has 0 aliphatic carbocycles. The summed E-state index contributed by atoms with van der Waals surface area (Å²) in [5, 5.41) is 3.85. The number of rotatable bonds is 7. The van der Waals surface area contributed by atoms with E-state index in [0.29, 0.717) is 33.7 Å². The van der Waals surface area contributed by atoms with E-state index in [2.05, 4.69) is 10.1 Å². The largest absolute Gasteiger partial charge is 0.435 e. The number of halogens is 5. The van der Waals surface area contributed by atoms with Gasteiger partial charge in [-0.25, -0.2) is 9.67 Å². The predicted molar refractivity (Wildman–Crippen MR) is 131 cm³/mol. The molecule has 3 aromatic rings. The molecule has 1 aliphatic rings. The summed E-state index contributed by atoms with van der Waals surface area (Å²) >= 11 is 12.3. The van der Waals surface area contributed by atoms with Gasteiger partial charge in [-0.3, -0.25) is 13.8 Å². The summed E-state index contributed by atoms with van der Waals surface area (Å²) in [7, 11) is -0.961. The van der Waals surface area contributed by atoms with Crippen molar-refractivity contribution in [2.45, 2.75) is 32.9 Å². The molecule has 4 rings (SSSR count). The van der Waals surface area contributed by atoms with E-state index in [1.807, 2.05) is 6.92 Å². The second kappa shape index (κ2) is 9.72. The number of aromatic nitrogens is 3. The summed E-state index contributed by atoms with van der Waals surface area (Å²) in [6.45, 7) is 3.53. The van der Waals surface area contributed by atoms with E-state index in [-0.39, 0.29) is 40.7 Å². The molecule has 0 amide bonds. The van der Waals surface area contributed by atoms with Crippen LogP contribution in [0.15, 0.2) is 36.5 Å². The van der Waals surface area contributed by atoms with Crippen molar-refractivity contribution in [3.05, 3.63) is 74.7 Å². The van der Waals surface area contributed by atoms with Crippen LogP contribution in [0.25, 0.3) is 5.82 Å². The summed E-state index contributed by atoms with van der Waals surface area (Å²) in [5.41, 5.74) is -0.966. The van der Waals surface area contributed by atoms with E-state index >= 15 is 0 Å². The van der Waals surface area contributed by atoms with Crippen LogP contribution < -0.4 is 0 Å². The fourth-order valence-corrected chi connectivity index (χ4v) is 6.39. The van der Waals surface area contributed by atoms with Gasteiger partial charge in [-0.05, 0) is 47.7 Å². The topological polar surface area (TPSA) is 81.9 Å². The number of Topliss-reactive ketones (excluding diaryl/α,β-unsaturated/α-hetero) is 2. The first-order valence-electron chi connectivity index (χ1n) is 10.8. The Morgan fingerprint density at radius 2 is 1.86 bits per heavy atom. The van der Waals surface area contributed by atoms with E-state index in [4.69, 9.17) is 23.2 Å². The number of benzene rings is 1. The number of pyridine rings is 1. The lowest BCUT2D eigenvalue weighted by Gasteiger charge is -2.36. The van der Waals surface area contributed by atoms with E-state index in [1.54, 1.807) is 13.0 Å². The highest BCUT2D eigenvalue weighted by Crippen LogP contribution is 2.36. The SMILES string of the molecule is Cc1cc(Cl)cc(C(=O)CC2(C)CS(=O)C2)c1CC(=O)c1cc(C(F)(F)F)nn1-c1ncccc1Cl. The third kappa shape index (κ3) is 5.40. The van der Waals surface area contributed by atoms with Crippen LogP contribution in [0.4, 0.5) is 13.2 Å². The van der Waals surface area contributed by atoms with Gasteiger partial charge >= 0.3 is 6.18 Å². The molecule has 0 atom stereocenters. The molecule has 0 bridgehead atoms. The van der Waals surface area contributed by atoms with Crippen LogP contribution in [0.2, 0.25) is 10.0 Å². The monoisotopic (exact) mass is 557 g/mol. The molecular weight excluding hydrogens is 538 g/mol. The summed E-state index contributed by atoms with van der Waals surface area (Å²) in [6, 6.07) is 6.59. The van der Waals surface area contributed by atoms with Crippen molar-refractivity contribution in [3.8, 4) is 5.82 Å². The van der Waals surface area contributed by atoms with Gasteiger partial charge in [0.2, 0.25) is 0 Å². The highest BCUT2D eigenvalue weighted by Gasteiger charge is 2.41. The highest BCUT2D eigenvalue weighted by molar-refractivity contribution is 7.86. The van der Waals surface area contributed by atoms with Crippen LogP contribution in [-0.2, 0) is 23.4 Å². The number of carbonyl (C=O) groups is 2. The zero-order valence-corrected chi connectivity index (χ0v) is 21.5. The second-order valence-electron chi connectivity index (χ2n) is 9.12. The van der Waals surface area contributed by atoms with Gasteiger partial charge in [-0.1, -0.05) is 30.1 Å². The molecule has 1 aromatic carbocycles. The van der Waals surface area contributed by atoms with E-state index < -0.39 is 33.9 Å². The van der Waals surface area contributed by atoms with Gasteiger partial charge in [0.05, 0.1) is 5.02 Å². The fraction of sp³-hybridized carbons (Fsp3) is 0.333. The summed E-state index contributed by atoms with van der Waals surface area (Å²) in [5.74, 6) is -0.323. The third-order valence-corrected chi connectivity index (χ3v) is 8.46. The van der Waals surface area contributed by atoms with Crippen LogP contribution in [0, 0.1) is 12.3 Å². The van der Waals surface area contributed by atoms with Crippen molar-refractivity contribution in [2.24, 2.45) is 5.41 Å². The van der Waals surface area contributed by atoms with Gasteiger partial charge in [-0.2, -0.15) is 18.3 Å². The first-order chi connectivity index (χ1) is 16.8. The van der Waals surface area contributed by atoms with Gasteiger partial charge in [0.1, 0.15) is 5.69 Å². The van der Waals surface area contributed by atoms with Crippen LogP contribution in [0.3, 0.4) is 0 Å². The van der Waals surface area contributed by atoms with Gasteiger partial charge in [0, 0.05) is 58.0 Å². The zero-order valence-electron chi connectivity index (χ0n) is 19.2. The molecule has 0 spiro atoms. The van der Waals surface area contributed by atoms with Crippen molar-refractivity contribution >= 4 is 45.6 Å². The molecule has 0 unspecified atom stereocenters. The van der Waals surface area contributed by atoms with Crippen LogP contribution in [0.1, 0.15) is 51.0 Å². The average Bonchev–Trinajstić information content (AvgIpc) is 3.20. The van der Waals surface area contributed by atoms with Crippen molar-refractivity contribution in [2.75, 3.05) is 11.5 Å². The third-order valence-electron chi connectivity index (χ3n) is 5.91. The number of hydrogen-bond donors (Lipinski definition) is 0. The minimum atomic E-state index is -4.81. The van der Waals surface area contributed by atoms with Crippen molar-refractivity contribution in [1.82, 2.24) is 14.8 Å². The number of carbonyl (C=O) groups excluding carboxylic acids is 2. The van der Waals surface area contributed by atoms with E-state index in [9.17, 15) is 27.0 Å². The normalized spacial score (nSPS) is 19.7. The Morgan fingerprint density at radius 1 is 1.17 bits per heavy atom. The molecule has 0 N–H and O–H groups in total. The number of aryl methyl sites for hydroxylation is 1. The lowest BCUT2D eigenvalue weighted by molar-refractivity contribution is -0.141. The Hall–Kier alpha value is -2.56. The molecule has 12 heteroatoms. The zero-order chi connectivity index (χ0) is 26.4. The Labute approximate surface area is 217 Å². The smallest absolute Gasteiger partial charge is 0.294 e. The lowest BCUT2D eigenvalue weighted by atomic mass is 9.84. The molecular formula is C24H20Cl2F3N3O3S. The molecule has 2 aromatic heterocycles. The van der Waals surface area contributed by atoms with Gasteiger partial charge in [-0.15, -0.1) is 0 Å². The Bertz CT molecular complexity index is 1400. The van der Waals surface area contributed by atoms with Crippen LogP contribution in [0.5, 0.6) is 0 Å². The number of ketones is 2. The van der Waals surface area contributed by atoms with Crippen molar-refractivity contribution in [1.29, 1.82) is 0 Å². The maximum atomic E-state index is 13.5. The summed E-state index contributed by atoms with van der Waals surface area (Å²) in [4.78, 5) is 30.6.